The van der Waals surface area contributed by atoms with Gasteiger partial charge in [-0.3, -0.25) is 0 Å². The van der Waals surface area contributed by atoms with Gasteiger partial charge in [0.05, 0.1) is 33.4 Å². The summed E-state index contributed by atoms with van der Waals surface area (Å²) in [5.41, 5.74) is 14.8. The third-order valence-electron chi connectivity index (χ3n) is 12.1. The maximum absolute atomic E-state index is 6.66. The molecule has 13 aromatic rings. The van der Waals surface area contributed by atoms with Gasteiger partial charge in [0.25, 0.3) is 0 Å². The van der Waals surface area contributed by atoms with E-state index >= 15 is 0 Å². The van der Waals surface area contributed by atoms with E-state index in [0.29, 0.717) is 0 Å². The molecule has 0 spiro atoms. The van der Waals surface area contributed by atoms with Crippen molar-refractivity contribution in [2.45, 2.75) is 0 Å². The fourth-order valence-electron chi connectivity index (χ4n) is 9.67. The van der Waals surface area contributed by atoms with E-state index in [1.165, 1.54) is 32.7 Å². The standard InChI is InChI=1S/C54H32N2O2/c1-2-15-33(16-3-1)41-32-49-43(34-17-4-8-24-44(34)56(49)48-28-14-23-39-36-19-7-11-30-51(36)58-54(39)48)31-42(41)37-21-12-26-46-52(37)40-20-5-9-25-45(40)55(46)47-27-13-22-38-35-18-6-10-29-50(35)57-53(38)47/h1-32H. The van der Waals surface area contributed by atoms with Crippen LogP contribution < -0.4 is 0 Å². The predicted octanol–water partition coefficient (Wildman–Crippen LogP) is 15.0. The largest absolute Gasteiger partial charge is 0.454 e. The minimum atomic E-state index is 0.883. The first-order valence-corrected chi connectivity index (χ1v) is 19.8. The molecule has 0 atom stereocenters. The Balaban J connectivity index is 1.14. The number of furan rings is 2. The summed E-state index contributed by atoms with van der Waals surface area (Å²) in [6, 6.07) is 69.5. The van der Waals surface area contributed by atoms with Crippen LogP contribution >= 0.6 is 0 Å². The van der Waals surface area contributed by atoms with Crippen LogP contribution in [-0.2, 0) is 0 Å². The minimum absolute atomic E-state index is 0.883. The SMILES string of the molecule is c1ccc(-c2cc3c(cc2-c2cccc4c2c2ccccc2n4-c2cccc4c2oc2ccccc24)c2ccccc2n3-c2cccc3c2oc2ccccc23)cc1. The fraction of sp³-hybridized carbons (Fsp3) is 0. The van der Waals surface area contributed by atoms with Gasteiger partial charge >= 0.3 is 0 Å². The van der Waals surface area contributed by atoms with Crippen molar-refractivity contribution in [2.24, 2.45) is 0 Å². The van der Waals surface area contributed by atoms with E-state index in [2.05, 4.69) is 191 Å². The fourth-order valence-corrected chi connectivity index (χ4v) is 9.67. The average molecular weight is 741 g/mol. The van der Waals surface area contributed by atoms with Crippen molar-refractivity contribution >= 4 is 87.5 Å². The van der Waals surface area contributed by atoms with E-state index in [-0.39, 0.29) is 0 Å². The van der Waals surface area contributed by atoms with Crippen LogP contribution in [0.4, 0.5) is 0 Å². The molecule has 0 aliphatic rings. The molecule has 4 aromatic heterocycles. The number of nitrogens with zero attached hydrogens (tertiary/aromatic N) is 2. The topological polar surface area (TPSA) is 36.1 Å². The van der Waals surface area contributed by atoms with E-state index < -0.39 is 0 Å². The first kappa shape index (κ1) is 31.4. The number of benzene rings is 9. The number of fused-ring (bicyclic) bond motifs is 12. The average Bonchev–Trinajstić information content (AvgIpc) is 4.04. The van der Waals surface area contributed by atoms with Crippen LogP contribution in [-0.4, -0.2) is 9.13 Å². The Labute approximate surface area is 332 Å². The molecule has 58 heavy (non-hydrogen) atoms. The molecule has 0 aliphatic heterocycles. The number of hydrogen-bond donors (Lipinski definition) is 0. The van der Waals surface area contributed by atoms with Crippen LogP contribution in [0.2, 0.25) is 0 Å². The monoisotopic (exact) mass is 740 g/mol. The molecule has 0 saturated carbocycles. The predicted molar refractivity (Wildman–Crippen MR) is 241 cm³/mol. The van der Waals surface area contributed by atoms with E-state index in [1.54, 1.807) is 0 Å². The zero-order valence-corrected chi connectivity index (χ0v) is 31.2. The van der Waals surface area contributed by atoms with Gasteiger partial charge in [0.2, 0.25) is 0 Å². The molecule has 0 aliphatic carbocycles. The highest BCUT2D eigenvalue weighted by molar-refractivity contribution is 6.20. The van der Waals surface area contributed by atoms with E-state index in [4.69, 9.17) is 8.83 Å². The maximum Gasteiger partial charge on any atom is 0.159 e. The molecule has 13 rings (SSSR count). The quantitative estimate of drug-likeness (QED) is 0.180. The lowest BCUT2D eigenvalue weighted by Gasteiger charge is -2.15. The lowest BCUT2D eigenvalue weighted by atomic mass is 9.90. The van der Waals surface area contributed by atoms with Crippen molar-refractivity contribution in [3.63, 3.8) is 0 Å². The molecule has 0 amide bonds. The van der Waals surface area contributed by atoms with Crippen molar-refractivity contribution in [1.29, 1.82) is 0 Å². The molecule has 0 unspecified atom stereocenters. The lowest BCUT2D eigenvalue weighted by molar-refractivity contribution is 0.666. The lowest BCUT2D eigenvalue weighted by Crippen LogP contribution is -1.96. The molecule has 270 valence electrons. The van der Waals surface area contributed by atoms with Gasteiger partial charge in [-0.25, -0.2) is 0 Å². The highest BCUT2D eigenvalue weighted by Crippen LogP contribution is 2.47. The molecular weight excluding hydrogens is 709 g/mol. The van der Waals surface area contributed by atoms with Crippen LogP contribution in [0.5, 0.6) is 0 Å². The molecule has 0 saturated heterocycles. The van der Waals surface area contributed by atoms with Crippen LogP contribution in [0.3, 0.4) is 0 Å². The summed E-state index contributed by atoms with van der Waals surface area (Å²) in [6.07, 6.45) is 0. The van der Waals surface area contributed by atoms with Crippen molar-refractivity contribution in [1.82, 2.24) is 9.13 Å². The second-order valence-corrected chi connectivity index (χ2v) is 15.2. The summed E-state index contributed by atoms with van der Waals surface area (Å²) in [4.78, 5) is 0. The number of hydrogen-bond acceptors (Lipinski definition) is 2. The van der Waals surface area contributed by atoms with Crippen molar-refractivity contribution in [2.75, 3.05) is 0 Å². The summed E-state index contributed by atoms with van der Waals surface area (Å²) in [6.45, 7) is 0. The molecule has 9 aromatic carbocycles. The first-order valence-electron chi connectivity index (χ1n) is 19.8. The third-order valence-corrected chi connectivity index (χ3v) is 12.1. The Morgan fingerprint density at radius 2 is 0.793 bits per heavy atom. The summed E-state index contributed by atoms with van der Waals surface area (Å²) in [7, 11) is 0. The molecular formula is C54H32N2O2. The summed E-state index contributed by atoms with van der Waals surface area (Å²) >= 11 is 0. The Morgan fingerprint density at radius 1 is 0.293 bits per heavy atom. The molecule has 0 bridgehead atoms. The van der Waals surface area contributed by atoms with Gasteiger partial charge in [-0.2, -0.15) is 0 Å². The van der Waals surface area contributed by atoms with Gasteiger partial charge < -0.3 is 18.0 Å². The van der Waals surface area contributed by atoms with Gasteiger partial charge in [-0.05, 0) is 76.9 Å². The van der Waals surface area contributed by atoms with Gasteiger partial charge in [0, 0.05) is 43.1 Å². The van der Waals surface area contributed by atoms with Crippen LogP contribution in [0.1, 0.15) is 0 Å². The number of rotatable bonds is 4. The highest BCUT2D eigenvalue weighted by Gasteiger charge is 2.24. The minimum Gasteiger partial charge on any atom is -0.454 e. The van der Waals surface area contributed by atoms with Crippen LogP contribution in [0.25, 0.3) is 121 Å². The van der Waals surface area contributed by atoms with E-state index in [9.17, 15) is 0 Å². The summed E-state index contributed by atoms with van der Waals surface area (Å²) in [5, 5.41) is 9.25. The maximum atomic E-state index is 6.66. The number of aromatic nitrogens is 2. The summed E-state index contributed by atoms with van der Waals surface area (Å²) < 4.78 is 18.1. The summed E-state index contributed by atoms with van der Waals surface area (Å²) in [5.74, 6) is 0. The molecule has 0 fully saturated rings. The van der Waals surface area contributed by atoms with Crippen LogP contribution in [0, 0.1) is 0 Å². The zero-order valence-electron chi connectivity index (χ0n) is 31.2. The normalized spacial score (nSPS) is 12.1. The van der Waals surface area contributed by atoms with Gasteiger partial charge in [0.1, 0.15) is 11.2 Å². The van der Waals surface area contributed by atoms with E-state index in [1.807, 2.05) is 12.1 Å². The third kappa shape index (κ3) is 4.29. The smallest absolute Gasteiger partial charge is 0.159 e. The van der Waals surface area contributed by atoms with Crippen molar-refractivity contribution in [3.05, 3.63) is 194 Å². The van der Waals surface area contributed by atoms with Crippen molar-refractivity contribution in [3.8, 4) is 33.6 Å². The Morgan fingerprint density at radius 3 is 1.47 bits per heavy atom. The molecule has 0 N–H and O–H groups in total. The van der Waals surface area contributed by atoms with Crippen molar-refractivity contribution < 1.29 is 8.83 Å². The second kappa shape index (κ2) is 11.8. The second-order valence-electron chi connectivity index (χ2n) is 15.2. The van der Waals surface area contributed by atoms with Gasteiger partial charge in [-0.1, -0.05) is 140 Å². The van der Waals surface area contributed by atoms with Gasteiger partial charge in [0.15, 0.2) is 11.2 Å². The molecule has 0 radical (unpaired) electrons. The van der Waals surface area contributed by atoms with Gasteiger partial charge in [-0.15, -0.1) is 0 Å². The Hall–Kier alpha value is -7.82. The molecule has 4 nitrogen and oxygen atoms in total. The van der Waals surface area contributed by atoms with Crippen LogP contribution in [0.15, 0.2) is 203 Å². The number of para-hydroxylation sites is 6. The molecule has 4 heterocycles. The molecule has 4 heteroatoms. The Kier molecular flexibility index (Phi) is 6.41. The van der Waals surface area contributed by atoms with E-state index in [0.717, 1.165) is 88.4 Å². The first-order chi connectivity index (χ1) is 28.8. The Bertz CT molecular complexity index is 3800. The highest BCUT2D eigenvalue weighted by atomic mass is 16.3. The zero-order chi connectivity index (χ0) is 37.9.